The van der Waals surface area contributed by atoms with Crippen molar-refractivity contribution < 1.29 is 0 Å². The van der Waals surface area contributed by atoms with Crippen LogP contribution in [0.15, 0.2) is 30.6 Å². The van der Waals surface area contributed by atoms with E-state index in [0.29, 0.717) is 22.3 Å². The number of hydrogen-bond acceptors (Lipinski definition) is 7. The van der Waals surface area contributed by atoms with Gasteiger partial charge in [-0.15, -0.1) is 10.2 Å². The van der Waals surface area contributed by atoms with Crippen molar-refractivity contribution in [2.75, 3.05) is 5.32 Å². The van der Waals surface area contributed by atoms with Gasteiger partial charge in [0, 0.05) is 6.20 Å². The molecule has 0 aliphatic rings. The minimum absolute atomic E-state index is 0.420. The maximum absolute atomic E-state index is 9.17. The minimum Gasteiger partial charge on any atom is -0.313 e. The van der Waals surface area contributed by atoms with Gasteiger partial charge < -0.3 is 5.32 Å². The van der Waals surface area contributed by atoms with E-state index in [1.807, 2.05) is 25.1 Å². The van der Waals surface area contributed by atoms with Crippen molar-refractivity contribution in [3.63, 3.8) is 0 Å². The van der Waals surface area contributed by atoms with Gasteiger partial charge in [0.05, 0.1) is 6.20 Å². The predicted molar refractivity (Wildman–Crippen MR) is 74.0 cm³/mol. The minimum atomic E-state index is 0.420. The topological polar surface area (TPSA) is 92.3 Å². The summed E-state index contributed by atoms with van der Waals surface area (Å²) >= 11 is 1.40. The average Bonchev–Trinajstić information content (AvgIpc) is 3.06. The Balaban J connectivity index is 2.05. The lowest BCUT2D eigenvalue weighted by Crippen LogP contribution is -2.04. The largest absolute Gasteiger partial charge is 0.313 e. The van der Waals surface area contributed by atoms with Crippen molar-refractivity contribution in [3.8, 4) is 11.9 Å². The number of nitriles is 1. The third-order valence-corrected chi connectivity index (χ3v) is 3.26. The molecule has 0 spiro atoms. The van der Waals surface area contributed by atoms with Crippen molar-refractivity contribution in [1.82, 2.24) is 25.0 Å². The van der Waals surface area contributed by atoms with Gasteiger partial charge in [-0.2, -0.15) is 15.0 Å². The fraction of sp³-hybridized carbons (Fsp3) is 0.0833. The summed E-state index contributed by atoms with van der Waals surface area (Å²) in [7, 11) is 0. The molecule has 3 aromatic heterocycles. The van der Waals surface area contributed by atoms with Gasteiger partial charge in [-0.25, -0.2) is 4.98 Å². The number of hydrogen-bond donors (Lipinski definition) is 1. The van der Waals surface area contributed by atoms with E-state index >= 15 is 0 Å². The fourth-order valence-electron chi connectivity index (χ4n) is 1.65. The van der Waals surface area contributed by atoms with Crippen molar-refractivity contribution in [2.45, 2.75) is 6.92 Å². The predicted octanol–water partition coefficient (Wildman–Crippen LogP) is 2.04. The molecule has 0 unspecified atom stereocenters. The highest BCUT2D eigenvalue weighted by Crippen LogP contribution is 2.24. The van der Waals surface area contributed by atoms with Crippen molar-refractivity contribution in [2.24, 2.45) is 0 Å². The molecule has 1 N–H and O–H groups in total. The summed E-state index contributed by atoms with van der Waals surface area (Å²) in [5, 5.41) is 25.8. The highest BCUT2D eigenvalue weighted by Gasteiger charge is 2.14. The van der Waals surface area contributed by atoms with Gasteiger partial charge in [-0.3, -0.25) is 0 Å². The van der Waals surface area contributed by atoms with Crippen LogP contribution in [0.5, 0.6) is 0 Å². The lowest BCUT2D eigenvalue weighted by atomic mass is 10.3. The van der Waals surface area contributed by atoms with E-state index in [0.717, 1.165) is 5.01 Å². The molecule has 98 valence electrons. The van der Waals surface area contributed by atoms with Gasteiger partial charge in [0.25, 0.3) is 0 Å². The summed E-state index contributed by atoms with van der Waals surface area (Å²) in [6, 6.07) is 7.58. The maximum atomic E-state index is 9.17. The van der Waals surface area contributed by atoms with Crippen LogP contribution in [0, 0.1) is 18.3 Å². The number of rotatable bonds is 3. The molecule has 0 aromatic carbocycles. The summed E-state index contributed by atoms with van der Waals surface area (Å²) < 4.78 is 1.56. The molecule has 0 aliphatic heterocycles. The highest BCUT2D eigenvalue weighted by atomic mass is 32.1. The Morgan fingerprint density at radius 1 is 1.35 bits per heavy atom. The SMILES string of the molecule is Cc1nnc(Nc2c(C#N)cnn2-c2ccccn2)s1. The normalized spacial score (nSPS) is 10.2. The van der Waals surface area contributed by atoms with Gasteiger partial charge in [0.1, 0.15) is 16.6 Å². The molecule has 3 heterocycles. The zero-order valence-corrected chi connectivity index (χ0v) is 11.3. The molecule has 0 saturated heterocycles. The van der Waals surface area contributed by atoms with Crippen LogP contribution in [-0.4, -0.2) is 25.0 Å². The average molecular weight is 283 g/mol. The van der Waals surface area contributed by atoms with Crippen molar-refractivity contribution >= 4 is 22.3 Å². The summed E-state index contributed by atoms with van der Waals surface area (Å²) in [4.78, 5) is 4.22. The number of pyridine rings is 1. The number of nitrogens with zero attached hydrogens (tertiary/aromatic N) is 6. The summed E-state index contributed by atoms with van der Waals surface area (Å²) in [5.74, 6) is 1.15. The van der Waals surface area contributed by atoms with E-state index in [2.05, 4.69) is 31.7 Å². The molecular weight excluding hydrogens is 274 g/mol. The lowest BCUT2D eigenvalue weighted by Gasteiger charge is -2.06. The molecule has 8 heteroatoms. The first kappa shape index (κ1) is 12.3. The van der Waals surface area contributed by atoms with Crippen molar-refractivity contribution in [3.05, 3.63) is 41.2 Å². The van der Waals surface area contributed by atoms with Crippen LogP contribution in [0.25, 0.3) is 5.82 Å². The second-order valence-corrected chi connectivity index (χ2v) is 5.05. The van der Waals surface area contributed by atoms with Crippen LogP contribution in [0.1, 0.15) is 10.6 Å². The Bertz CT molecular complexity index is 769. The Morgan fingerprint density at radius 2 is 2.25 bits per heavy atom. The molecular formula is C12H9N7S. The van der Waals surface area contributed by atoms with E-state index in [9.17, 15) is 0 Å². The molecule has 0 aliphatic carbocycles. The van der Waals surface area contributed by atoms with Gasteiger partial charge >= 0.3 is 0 Å². The molecule has 3 aromatic rings. The molecule has 0 fully saturated rings. The van der Waals surface area contributed by atoms with Gasteiger partial charge in [0.2, 0.25) is 5.13 Å². The first-order chi connectivity index (χ1) is 9.78. The Hall–Kier alpha value is -2.79. The van der Waals surface area contributed by atoms with Gasteiger partial charge in [0.15, 0.2) is 11.6 Å². The van der Waals surface area contributed by atoms with Gasteiger partial charge in [-0.05, 0) is 19.1 Å². The third-order valence-electron chi connectivity index (χ3n) is 2.51. The lowest BCUT2D eigenvalue weighted by molar-refractivity contribution is 0.853. The monoisotopic (exact) mass is 283 g/mol. The van der Waals surface area contributed by atoms with Crippen LogP contribution in [0.4, 0.5) is 10.9 Å². The van der Waals surface area contributed by atoms with Crippen LogP contribution in [0.2, 0.25) is 0 Å². The first-order valence-electron chi connectivity index (χ1n) is 5.74. The summed E-state index contributed by atoms with van der Waals surface area (Å²) in [5.41, 5.74) is 0.420. The van der Waals surface area contributed by atoms with Crippen LogP contribution in [-0.2, 0) is 0 Å². The third kappa shape index (κ3) is 2.22. The van der Waals surface area contributed by atoms with Gasteiger partial charge in [-0.1, -0.05) is 17.4 Å². The van der Waals surface area contributed by atoms with Crippen LogP contribution < -0.4 is 5.32 Å². The number of aryl methyl sites for hydroxylation is 1. The van der Waals surface area contributed by atoms with Crippen LogP contribution in [0.3, 0.4) is 0 Å². The smallest absolute Gasteiger partial charge is 0.211 e. The van der Waals surface area contributed by atoms with E-state index in [4.69, 9.17) is 5.26 Å². The van der Waals surface area contributed by atoms with E-state index < -0.39 is 0 Å². The first-order valence-corrected chi connectivity index (χ1v) is 6.56. The van der Waals surface area contributed by atoms with E-state index in [1.54, 1.807) is 10.9 Å². The summed E-state index contributed by atoms with van der Waals surface area (Å²) in [6.45, 7) is 1.87. The number of nitrogens with one attached hydrogen (secondary N) is 1. The molecule has 0 saturated carbocycles. The zero-order valence-electron chi connectivity index (χ0n) is 10.5. The highest BCUT2D eigenvalue weighted by molar-refractivity contribution is 7.15. The fourth-order valence-corrected chi connectivity index (χ4v) is 2.24. The second kappa shape index (κ2) is 5.07. The van der Waals surface area contributed by atoms with E-state index in [1.165, 1.54) is 17.5 Å². The Morgan fingerprint density at radius 3 is 2.90 bits per heavy atom. The molecule has 0 radical (unpaired) electrons. The maximum Gasteiger partial charge on any atom is 0.211 e. The molecule has 20 heavy (non-hydrogen) atoms. The molecule has 0 bridgehead atoms. The number of anilines is 2. The second-order valence-electron chi connectivity index (χ2n) is 3.87. The van der Waals surface area contributed by atoms with Crippen LogP contribution >= 0.6 is 11.3 Å². The molecule has 0 amide bonds. The molecule has 3 rings (SSSR count). The molecule has 7 nitrogen and oxygen atoms in total. The molecule has 0 atom stereocenters. The summed E-state index contributed by atoms with van der Waals surface area (Å²) in [6.07, 6.45) is 3.16. The van der Waals surface area contributed by atoms with E-state index in [-0.39, 0.29) is 0 Å². The zero-order chi connectivity index (χ0) is 13.9. The van der Waals surface area contributed by atoms with Crippen molar-refractivity contribution in [1.29, 1.82) is 5.26 Å². The Labute approximate surface area is 118 Å². The quantitative estimate of drug-likeness (QED) is 0.790. The standard InChI is InChI=1S/C12H9N7S/c1-8-17-18-12(20-8)16-11-9(6-13)7-15-19(11)10-4-2-3-5-14-10/h2-5,7H,1H3,(H,16,18). The Kier molecular flexibility index (Phi) is 3.10. The number of aromatic nitrogens is 5.